The van der Waals surface area contributed by atoms with Crippen molar-refractivity contribution in [3.05, 3.63) is 72.9 Å². The maximum absolute atomic E-state index is 9.92. The number of phenols is 1. The third-order valence-electron chi connectivity index (χ3n) is 3.57. The highest BCUT2D eigenvalue weighted by Gasteiger charge is 2.13. The minimum atomic E-state index is 0.184. The molecule has 0 spiro atoms. The molecule has 0 saturated heterocycles. The van der Waals surface area contributed by atoms with Gasteiger partial charge in [-0.3, -0.25) is 0 Å². The average molecular weight is 291 g/mol. The Hall–Kier alpha value is -3.01. The van der Waals surface area contributed by atoms with Crippen molar-refractivity contribution < 1.29 is 5.11 Å². The lowest BCUT2D eigenvalue weighted by Crippen LogP contribution is -1.99. The number of allylic oxidation sites excluding steroid dienone is 1. The molecule has 1 aromatic heterocycles. The van der Waals surface area contributed by atoms with Crippen molar-refractivity contribution in [2.24, 2.45) is 0 Å². The quantitative estimate of drug-likeness (QED) is 0.570. The van der Waals surface area contributed by atoms with Gasteiger partial charge < -0.3 is 10.8 Å². The molecule has 4 heteroatoms. The Balaban J connectivity index is 2.04. The van der Waals surface area contributed by atoms with E-state index in [4.69, 9.17) is 5.73 Å². The summed E-state index contributed by atoms with van der Waals surface area (Å²) in [4.78, 5) is 0. The van der Waals surface area contributed by atoms with E-state index in [1.165, 1.54) is 0 Å². The monoisotopic (exact) mass is 291 g/mol. The summed E-state index contributed by atoms with van der Waals surface area (Å²) in [5.41, 5.74) is 9.98. The van der Waals surface area contributed by atoms with Gasteiger partial charge in [-0.05, 0) is 36.8 Å². The predicted octanol–water partition coefficient (Wildman–Crippen LogP) is 3.56. The Kier molecular flexibility index (Phi) is 3.66. The molecule has 0 saturated carbocycles. The van der Waals surface area contributed by atoms with Crippen LogP contribution in [0.4, 0.5) is 5.69 Å². The lowest BCUT2D eigenvalue weighted by atomic mass is 10.0. The van der Waals surface area contributed by atoms with Gasteiger partial charge in [0.1, 0.15) is 5.75 Å². The molecule has 3 N–H and O–H groups in total. The molecule has 0 radical (unpaired) electrons. The molecule has 1 heterocycles. The summed E-state index contributed by atoms with van der Waals surface area (Å²) in [5, 5.41) is 14.5. The second-order valence-corrected chi connectivity index (χ2v) is 5.00. The van der Waals surface area contributed by atoms with Crippen LogP contribution in [0, 0.1) is 0 Å². The van der Waals surface area contributed by atoms with E-state index in [0.29, 0.717) is 17.7 Å². The van der Waals surface area contributed by atoms with Gasteiger partial charge in [-0.25, -0.2) is 4.68 Å². The number of hydrogen-bond acceptors (Lipinski definition) is 3. The summed E-state index contributed by atoms with van der Waals surface area (Å²) in [6.45, 7) is 3.70. The van der Waals surface area contributed by atoms with Crippen molar-refractivity contribution in [3.8, 4) is 22.7 Å². The molecule has 3 rings (SSSR count). The molecule has 0 aliphatic rings. The molecule has 2 aromatic carbocycles. The third-order valence-corrected chi connectivity index (χ3v) is 3.57. The number of rotatable bonds is 4. The first-order valence-electron chi connectivity index (χ1n) is 7.03. The van der Waals surface area contributed by atoms with Crippen LogP contribution in [0.15, 0.2) is 67.4 Å². The predicted molar refractivity (Wildman–Crippen MR) is 89.0 cm³/mol. The molecule has 110 valence electrons. The zero-order valence-electron chi connectivity index (χ0n) is 12.1. The number of aromatic hydroxyl groups is 1. The first kappa shape index (κ1) is 13.9. The van der Waals surface area contributed by atoms with Crippen LogP contribution in [0.25, 0.3) is 16.9 Å². The summed E-state index contributed by atoms with van der Waals surface area (Å²) >= 11 is 0. The summed E-state index contributed by atoms with van der Waals surface area (Å²) in [7, 11) is 0. The molecule has 3 aromatic rings. The van der Waals surface area contributed by atoms with Gasteiger partial charge in [-0.15, -0.1) is 6.58 Å². The standard InChI is InChI=1S/C18H17N3O/c1-2-6-15-17(22)10-9-14(18(15)19)16-11-12-21(20-16)13-7-4-3-5-8-13/h2-5,7-12,22H,1,6,19H2. The molecule has 0 unspecified atom stereocenters. The summed E-state index contributed by atoms with van der Waals surface area (Å²) < 4.78 is 1.80. The average Bonchev–Trinajstić information content (AvgIpc) is 3.02. The van der Waals surface area contributed by atoms with Crippen LogP contribution in [0.5, 0.6) is 5.75 Å². The lowest BCUT2D eigenvalue weighted by Gasteiger charge is -2.10. The first-order valence-corrected chi connectivity index (χ1v) is 7.03. The Labute approximate surface area is 129 Å². The number of nitrogens with two attached hydrogens (primary N) is 1. The van der Waals surface area contributed by atoms with Crippen molar-refractivity contribution in [1.82, 2.24) is 9.78 Å². The van der Waals surface area contributed by atoms with Gasteiger partial charge in [0.2, 0.25) is 0 Å². The highest BCUT2D eigenvalue weighted by Crippen LogP contribution is 2.33. The van der Waals surface area contributed by atoms with Crippen molar-refractivity contribution in [3.63, 3.8) is 0 Å². The number of nitrogens with zero attached hydrogens (tertiary/aromatic N) is 2. The number of hydrogen-bond donors (Lipinski definition) is 2. The molecule has 0 bridgehead atoms. The van der Waals surface area contributed by atoms with E-state index >= 15 is 0 Å². The smallest absolute Gasteiger partial charge is 0.121 e. The summed E-state index contributed by atoms with van der Waals surface area (Å²) in [5.74, 6) is 0.184. The molecule has 0 aliphatic heterocycles. The molecule has 4 nitrogen and oxygen atoms in total. The topological polar surface area (TPSA) is 64.1 Å². The normalized spacial score (nSPS) is 10.5. The molecular weight excluding hydrogens is 274 g/mol. The summed E-state index contributed by atoms with van der Waals surface area (Å²) in [6.07, 6.45) is 4.13. The molecule has 0 atom stereocenters. The van der Waals surface area contributed by atoms with Crippen LogP contribution in [0.2, 0.25) is 0 Å². The number of aromatic nitrogens is 2. The highest BCUT2D eigenvalue weighted by molar-refractivity contribution is 5.78. The van der Waals surface area contributed by atoms with Gasteiger partial charge in [0.05, 0.1) is 11.4 Å². The Morgan fingerprint density at radius 2 is 1.91 bits per heavy atom. The van der Waals surface area contributed by atoms with Crippen LogP contribution < -0.4 is 5.73 Å². The van der Waals surface area contributed by atoms with Crippen molar-refractivity contribution in [2.75, 3.05) is 5.73 Å². The zero-order valence-corrected chi connectivity index (χ0v) is 12.1. The van der Waals surface area contributed by atoms with E-state index < -0.39 is 0 Å². The number of para-hydroxylation sites is 1. The number of benzene rings is 2. The van der Waals surface area contributed by atoms with Gasteiger partial charge in [-0.1, -0.05) is 24.3 Å². The minimum absolute atomic E-state index is 0.184. The Morgan fingerprint density at radius 3 is 2.64 bits per heavy atom. The third kappa shape index (κ3) is 2.46. The van der Waals surface area contributed by atoms with E-state index in [-0.39, 0.29) is 5.75 Å². The van der Waals surface area contributed by atoms with Crippen LogP contribution in [-0.2, 0) is 6.42 Å². The molecule has 0 amide bonds. The lowest BCUT2D eigenvalue weighted by molar-refractivity contribution is 0.470. The maximum Gasteiger partial charge on any atom is 0.121 e. The van der Waals surface area contributed by atoms with Gasteiger partial charge >= 0.3 is 0 Å². The van der Waals surface area contributed by atoms with Crippen LogP contribution in [-0.4, -0.2) is 14.9 Å². The molecule has 22 heavy (non-hydrogen) atoms. The molecular formula is C18H17N3O. The van der Waals surface area contributed by atoms with E-state index in [9.17, 15) is 5.11 Å². The van der Waals surface area contributed by atoms with E-state index in [2.05, 4.69) is 11.7 Å². The van der Waals surface area contributed by atoms with E-state index in [1.807, 2.05) is 42.6 Å². The minimum Gasteiger partial charge on any atom is -0.508 e. The first-order chi connectivity index (χ1) is 10.7. The number of anilines is 1. The second-order valence-electron chi connectivity index (χ2n) is 5.00. The maximum atomic E-state index is 9.92. The summed E-state index contributed by atoms with van der Waals surface area (Å²) in [6, 6.07) is 15.2. The Morgan fingerprint density at radius 1 is 1.14 bits per heavy atom. The van der Waals surface area contributed by atoms with Crippen molar-refractivity contribution >= 4 is 5.69 Å². The molecule has 0 fully saturated rings. The van der Waals surface area contributed by atoms with Gasteiger partial charge in [0, 0.05) is 23.0 Å². The van der Waals surface area contributed by atoms with Crippen LogP contribution in [0.1, 0.15) is 5.56 Å². The Bertz CT molecular complexity index is 806. The fraction of sp³-hybridized carbons (Fsp3) is 0.0556. The van der Waals surface area contributed by atoms with E-state index in [1.54, 1.807) is 22.9 Å². The number of phenolic OH excluding ortho intramolecular Hbond substituents is 1. The SMILES string of the molecule is C=CCc1c(O)ccc(-c2ccn(-c3ccccc3)n2)c1N. The molecule has 0 aliphatic carbocycles. The van der Waals surface area contributed by atoms with Crippen molar-refractivity contribution in [2.45, 2.75) is 6.42 Å². The van der Waals surface area contributed by atoms with Crippen molar-refractivity contribution in [1.29, 1.82) is 0 Å². The van der Waals surface area contributed by atoms with Gasteiger partial charge in [0.15, 0.2) is 0 Å². The highest BCUT2D eigenvalue weighted by atomic mass is 16.3. The van der Waals surface area contributed by atoms with E-state index in [0.717, 1.165) is 16.9 Å². The number of nitrogen functional groups attached to an aromatic ring is 1. The van der Waals surface area contributed by atoms with Gasteiger partial charge in [0.25, 0.3) is 0 Å². The van der Waals surface area contributed by atoms with Crippen LogP contribution >= 0.6 is 0 Å². The van der Waals surface area contributed by atoms with Crippen LogP contribution in [0.3, 0.4) is 0 Å². The second kappa shape index (κ2) is 5.77. The largest absolute Gasteiger partial charge is 0.508 e. The zero-order chi connectivity index (χ0) is 15.5. The fourth-order valence-electron chi connectivity index (χ4n) is 2.43. The van der Waals surface area contributed by atoms with Gasteiger partial charge in [-0.2, -0.15) is 5.10 Å². The fourth-order valence-corrected chi connectivity index (χ4v) is 2.43.